The zero-order chi connectivity index (χ0) is 21.0. The summed E-state index contributed by atoms with van der Waals surface area (Å²) in [6.07, 6.45) is 2.28. The van der Waals surface area contributed by atoms with Gasteiger partial charge in [-0.25, -0.2) is 13.1 Å². The van der Waals surface area contributed by atoms with Crippen molar-refractivity contribution in [1.29, 1.82) is 0 Å². The van der Waals surface area contributed by atoms with Crippen LogP contribution in [0.1, 0.15) is 36.2 Å². The van der Waals surface area contributed by atoms with E-state index in [1.54, 1.807) is 24.3 Å². The minimum Gasteiger partial charge on any atom is -0.493 e. The lowest BCUT2D eigenvalue weighted by Gasteiger charge is -2.36. The lowest BCUT2D eigenvalue weighted by atomic mass is 9.97. The van der Waals surface area contributed by atoms with Crippen LogP contribution in [0.5, 0.6) is 11.5 Å². The number of nitrogens with zero attached hydrogens (tertiary/aromatic N) is 1. The standard InChI is InChI=1S/C21H30N2O4S2/c1-15-7-9-23(10-8-15)17(20-6-5-11-28-20)14-22-29(24,25)21-13-19(27-4)18(26-3)12-16(21)2/h5-6,11-13,15,17,22H,7-10,14H2,1-4H3. The van der Waals surface area contributed by atoms with Gasteiger partial charge in [0.05, 0.1) is 25.2 Å². The summed E-state index contributed by atoms with van der Waals surface area (Å²) in [4.78, 5) is 3.80. The third-order valence-corrected chi connectivity index (χ3v) is 8.11. The first-order valence-electron chi connectivity index (χ1n) is 9.85. The highest BCUT2D eigenvalue weighted by Gasteiger charge is 2.28. The smallest absolute Gasteiger partial charge is 0.241 e. The van der Waals surface area contributed by atoms with E-state index in [2.05, 4.69) is 22.6 Å². The third kappa shape index (κ3) is 5.12. The second-order valence-electron chi connectivity index (χ2n) is 7.57. The third-order valence-electron chi connectivity index (χ3n) is 5.57. The fraction of sp³-hybridized carbons (Fsp3) is 0.524. The summed E-state index contributed by atoms with van der Waals surface area (Å²) in [5.74, 6) is 1.64. The van der Waals surface area contributed by atoms with Crippen LogP contribution in [0.3, 0.4) is 0 Å². The topological polar surface area (TPSA) is 67.9 Å². The van der Waals surface area contributed by atoms with Gasteiger partial charge < -0.3 is 9.47 Å². The Kier molecular flexibility index (Phi) is 7.21. The van der Waals surface area contributed by atoms with Crippen molar-refractivity contribution < 1.29 is 17.9 Å². The second kappa shape index (κ2) is 9.47. The molecule has 0 bridgehead atoms. The van der Waals surface area contributed by atoms with Crippen LogP contribution in [-0.2, 0) is 10.0 Å². The molecular weight excluding hydrogens is 408 g/mol. The molecule has 1 atom stereocenters. The Morgan fingerprint density at radius 3 is 2.45 bits per heavy atom. The molecule has 0 saturated carbocycles. The van der Waals surface area contributed by atoms with Crippen molar-refractivity contribution in [2.75, 3.05) is 33.9 Å². The van der Waals surface area contributed by atoms with E-state index in [-0.39, 0.29) is 10.9 Å². The van der Waals surface area contributed by atoms with Gasteiger partial charge in [0.1, 0.15) is 0 Å². The zero-order valence-electron chi connectivity index (χ0n) is 17.5. The van der Waals surface area contributed by atoms with Crippen molar-refractivity contribution in [2.45, 2.75) is 37.6 Å². The molecule has 1 saturated heterocycles. The molecule has 2 heterocycles. The number of likely N-dealkylation sites (tertiary alicyclic amines) is 1. The Morgan fingerprint density at radius 1 is 1.21 bits per heavy atom. The van der Waals surface area contributed by atoms with Crippen LogP contribution in [0.4, 0.5) is 0 Å². The van der Waals surface area contributed by atoms with Crippen LogP contribution in [0, 0.1) is 12.8 Å². The van der Waals surface area contributed by atoms with Gasteiger partial charge in [0.15, 0.2) is 11.5 Å². The Balaban J connectivity index is 1.81. The summed E-state index contributed by atoms with van der Waals surface area (Å²) in [5.41, 5.74) is 0.620. The van der Waals surface area contributed by atoms with Gasteiger partial charge in [-0.2, -0.15) is 0 Å². The van der Waals surface area contributed by atoms with Gasteiger partial charge in [-0.1, -0.05) is 13.0 Å². The molecule has 160 valence electrons. The Bertz CT molecular complexity index is 905. The molecule has 1 aromatic carbocycles. The van der Waals surface area contributed by atoms with Gasteiger partial charge in [-0.05, 0) is 61.8 Å². The highest BCUT2D eigenvalue weighted by Crippen LogP contribution is 2.33. The highest BCUT2D eigenvalue weighted by molar-refractivity contribution is 7.89. The number of piperidine rings is 1. The van der Waals surface area contributed by atoms with Crippen molar-refractivity contribution in [2.24, 2.45) is 5.92 Å². The van der Waals surface area contributed by atoms with Gasteiger partial charge in [-0.3, -0.25) is 4.90 Å². The van der Waals surface area contributed by atoms with Crippen LogP contribution in [0.15, 0.2) is 34.5 Å². The summed E-state index contributed by atoms with van der Waals surface area (Å²) in [6, 6.07) is 7.36. The van der Waals surface area contributed by atoms with Crippen molar-refractivity contribution in [3.05, 3.63) is 40.1 Å². The largest absolute Gasteiger partial charge is 0.493 e. The highest BCUT2D eigenvalue weighted by atomic mass is 32.2. The van der Waals surface area contributed by atoms with Gasteiger partial charge >= 0.3 is 0 Å². The number of methoxy groups -OCH3 is 2. The van der Waals surface area contributed by atoms with E-state index in [4.69, 9.17) is 9.47 Å². The molecule has 29 heavy (non-hydrogen) atoms. The summed E-state index contributed by atoms with van der Waals surface area (Å²) < 4.78 is 39.6. The molecule has 2 aromatic rings. The van der Waals surface area contributed by atoms with Gasteiger partial charge in [0.25, 0.3) is 0 Å². The number of ether oxygens (including phenoxy) is 2. The molecule has 0 spiro atoms. The zero-order valence-corrected chi connectivity index (χ0v) is 19.1. The fourth-order valence-electron chi connectivity index (χ4n) is 3.75. The molecule has 0 aliphatic carbocycles. The SMILES string of the molecule is COc1cc(C)c(S(=O)(=O)NCC(c2cccs2)N2CCC(C)CC2)cc1OC. The minimum atomic E-state index is -3.69. The summed E-state index contributed by atoms with van der Waals surface area (Å²) in [5, 5.41) is 2.04. The van der Waals surface area contributed by atoms with Crippen molar-refractivity contribution >= 4 is 21.4 Å². The van der Waals surface area contributed by atoms with E-state index in [0.29, 0.717) is 23.6 Å². The van der Waals surface area contributed by atoms with Crippen molar-refractivity contribution in [3.8, 4) is 11.5 Å². The number of nitrogens with one attached hydrogen (secondary N) is 1. The number of rotatable bonds is 8. The number of hydrogen-bond donors (Lipinski definition) is 1. The first-order valence-corrected chi connectivity index (χ1v) is 12.2. The minimum absolute atomic E-state index is 0.0396. The average molecular weight is 439 g/mol. The molecular formula is C21H30N2O4S2. The number of sulfonamides is 1. The van der Waals surface area contributed by atoms with Crippen LogP contribution in [0.2, 0.25) is 0 Å². The number of thiophene rings is 1. The van der Waals surface area contributed by atoms with E-state index in [9.17, 15) is 8.42 Å². The molecule has 1 N–H and O–H groups in total. The predicted molar refractivity (Wildman–Crippen MR) is 117 cm³/mol. The van der Waals surface area contributed by atoms with E-state index in [0.717, 1.165) is 31.8 Å². The van der Waals surface area contributed by atoms with Crippen LogP contribution in [-0.4, -0.2) is 47.2 Å². The maximum absolute atomic E-state index is 13.1. The molecule has 1 aromatic heterocycles. The quantitative estimate of drug-likeness (QED) is 0.679. The van der Waals surface area contributed by atoms with E-state index in [1.165, 1.54) is 25.2 Å². The summed E-state index contributed by atoms with van der Waals surface area (Å²) >= 11 is 1.67. The molecule has 1 unspecified atom stereocenters. The second-order valence-corrected chi connectivity index (χ2v) is 10.3. The number of hydrogen-bond acceptors (Lipinski definition) is 6. The van der Waals surface area contributed by atoms with E-state index in [1.807, 2.05) is 11.4 Å². The Morgan fingerprint density at radius 2 is 1.86 bits per heavy atom. The maximum Gasteiger partial charge on any atom is 0.241 e. The monoisotopic (exact) mass is 438 g/mol. The number of benzene rings is 1. The Labute approximate surface area is 177 Å². The van der Waals surface area contributed by atoms with E-state index < -0.39 is 10.0 Å². The Hall–Kier alpha value is -1.61. The summed E-state index contributed by atoms with van der Waals surface area (Å²) in [6.45, 7) is 6.35. The molecule has 1 fully saturated rings. The molecule has 1 aliphatic heterocycles. The van der Waals surface area contributed by atoms with Gasteiger partial charge in [0.2, 0.25) is 10.0 Å². The molecule has 8 heteroatoms. The molecule has 0 amide bonds. The molecule has 1 aliphatic rings. The lowest BCUT2D eigenvalue weighted by Crippen LogP contribution is -2.41. The average Bonchev–Trinajstić information content (AvgIpc) is 3.23. The molecule has 6 nitrogen and oxygen atoms in total. The first kappa shape index (κ1) is 22.1. The van der Waals surface area contributed by atoms with Crippen LogP contribution >= 0.6 is 11.3 Å². The maximum atomic E-state index is 13.1. The molecule has 0 radical (unpaired) electrons. The molecule has 3 rings (SSSR count). The van der Waals surface area contributed by atoms with Crippen molar-refractivity contribution in [3.63, 3.8) is 0 Å². The normalized spacial score (nSPS) is 17.2. The first-order chi connectivity index (χ1) is 13.9. The van der Waals surface area contributed by atoms with Crippen molar-refractivity contribution in [1.82, 2.24) is 9.62 Å². The van der Waals surface area contributed by atoms with E-state index >= 15 is 0 Å². The predicted octanol–water partition coefficient (Wildman–Crippen LogP) is 3.83. The number of aryl methyl sites for hydroxylation is 1. The van der Waals surface area contributed by atoms with Gasteiger partial charge in [0, 0.05) is 17.5 Å². The van der Waals surface area contributed by atoms with Gasteiger partial charge in [-0.15, -0.1) is 11.3 Å². The van der Waals surface area contributed by atoms with Crippen LogP contribution in [0.25, 0.3) is 0 Å². The fourth-order valence-corrected chi connectivity index (χ4v) is 5.89. The van der Waals surface area contributed by atoms with Crippen LogP contribution < -0.4 is 14.2 Å². The summed E-state index contributed by atoms with van der Waals surface area (Å²) in [7, 11) is -0.654. The lowest BCUT2D eigenvalue weighted by molar-refractivity contribution is 0.141.